The Morgan fingerprint density at radius 3 is 2.85 bits per heavy atom. The topological polar surface area (TPSA) is 93.7 Å². The molecule has 0 unspecified atom stereocenters. The van der Waals surface area contributed by atoms with E-state index in [1.807, 2.05) is 24.3 Å². The molecule has 1 N–H and O–H groups in total. The van der Waals surface area contributed by atoms with E-state index in [9.17, 15) is 9.59 Å². The number of benzene rings is 1. The van der Waals surface area contributed by atoms with Crippen molar-refractivity contribution < 1.29 is 19.1 Å². The molecule has 2 amide bonds. The lowest BCUT2D eigenvalue weighted by atomic mass is 10.2. The second-order valence-corrected chi connectivity index (χ2v) is 6.35. The summed E-state index contributed by atoms with van der Waals surface area (Å²) in [6.45, 7) is 0.238. The van der Waals surface area contributed by atoms with E-state index in [0.717, 1.165) is 5.56 Å². The van der Waals surface area contributed by atoms with Crippen LogP contribution in [0.2, 0.25) is 0 Å². The Morgan fingerprint density at radius 1 is 1.31 bits per heavy atom. The van der Waals surface area contributed by atoms with E-state index >= 15 is 0 Å². The number of hydrogen-bond acceptors (Lipinski definition) is 7. The van der Waals surface area contributed by atoms with Crippen molar-refractivity contribution in [2.75, 3.05) is 33.1 Å². The Balaban J connectivity index is 1.86. The highest BCUT2D eigenvalue weighted by atomic mass is 32.1. The van der Waals surface area contributed by atoms with Crippen molar-refractivity contribution in [1.82, 2.24) is 15.1 Å². The minimum Gasteiger partial charge on any atom is -0.497 e. The maximum absolute atomic E-state index is 12.1. The van der Waals surface area contributed by atoms with Crippen LogP contribution in [-0.2, 0) is 20.9 Å². The van der Waals surface area contributed by atoms with Crippen molar-refractivity contribution in [2.45, 2.75) is 6.61 Å². The molecule has 0 bridgehead atoms. The first-order valence-electron chi connectivity index (χ1n) is 7.70. The van der Waals surface area contributed by atoms with Crippen LogP contribution in [0.15, 0.2) is 30.3 Å². The van der Waals surface area contributed by atoms with Gasteiger partial charge in [0.15, 0.2) is 0 Å². The molecule has 2 aromatic rings. The third kappa shape index (κ3) is 5.94. The normalized spacial score (nSPS) is 10.7. The second kappa shape index (κ2) is 9.64. The molecule has 0 spiro atoms. The summed E-state index contributed by atoms with van der Waals surface area (Å²) < 4.78 is 10.1. The Kier molecular flexibility index (Phi) is 7.24. The van der Waals surface area contributed by atoms with Gasteiger partial charge in [-0.05, 0) is 23.8 Å². The Morgan fingerprint density at radius 2 is 2.12 bits per heavy atom. The quantitative estimate of drug-likeness (QED) is 0.706. The summed E-state index contributed by atoms with van der Waals surface area (Å²) in [6, 6.07) is 7.32. The van der Waals surface area contributed by atoms with Gasteiger partial charge in [-0.1, -0.05) is 23.5 Å². The first-order valence-corrected chi connectivity index (χ1v) is 8.52. The van der Waals surface area contributed by atoms with E-state index in [1.165, 1.54) is 22.3 Å². The predicted molar refractivity (Wildman–Crippen MR) is 98.9 cm³/mol. The van der Waals surface area contributed by atoms with Gasteiger partial charge in [0, 0.05) is 20.2 Å². The largest absolute Gasteiger partial charge is 0.497 e. The minimum atomic E-state index is -0.351. The average Bonchev–Trinajstić information content (AvgIpc) is 3.06. The van der Waals surface area contributed by atoms with Crippen molar-refractivity contribution >= 4 is 34.4 Å². The molecule has 1 aromatic heterocycles. The molecular weight excluding hydrogens is 356 g/mol. The van der Waals surface area contributed by atoms with Gasteiger partial charge in [0.25, 0.3) is 0 Å². The fraction of sp³-hybridized carbons (Fsp3) is 0.294. The molecule has 0 radical (unpaired) electrons. The molecular formula is C17H20N4O4S. The molecule has 8 nitrogen and oxygen atoms in total. The van der Waals surface area contributed by atoms with Crippen LogP contribution < -0.4 is 10.1 Å². The number of nitrogens with one attached hydrogen (secondary N) is 1. The SMILES string of the molecule is COCc1nnc(NC(=O)CN(C)C(=O)/C=C/c2cccc(OC)c2)s1. The van der Waals surface area contributed by atoms with Crippen LogP contribution in [0.3, 0.4) is 0 Å². The lowest BCUT2D eigenvalue weighted by Gasteiger charge is -2.13. The van der Waals surface area contributed by atoms with Crippen LogP contribution in [-0.4, -0.2) is 54.7 Å². The van der Waals surface area contributed by atoms with E-state index in [2.05, 4.69) is 15.5 Å². The van der Waals surface area contributed by atoms with Crippen LogP contribution in [0.25, 0.3) is 6.08 Å². The molecule has 26 heavy (non-hydrogen) atoms. The summed E-state index contributed by atoms with van der Waals surface area (Å²) in [7, 11) is 4.68. The van der Waals surface area contributed by atoms with Gasteiger partial charge in [0.1, 0.15) is 17.4 Å². The highest BCUT2D eigenvalue weighted by molar-refractivity contribution is 7.15. The standard InChI is InChI=1S/C17H20N4O4S/c1-21(10-14(22)18-17-20-19-15(26-17)11-24-2)16(23)8-7-12-5-4-6-13(9-12)25-3/h4-9H,10-11H2,1-3H3,(H,18,20,22)/b8-7+. The average molecular weight is 376 g/mol. The van der Waals surface area contributed by atoms with Gasteiger partial charge >= 0.3 is 0 Å². The lowest BCUT2D eigenvalue weighted by molar-refractivity contribution is -0.129. The summed E-state index contributed by atoms with van der Waals surface area (Å²) >= 11 is 1.22. The molecule has 1 aromatic carbocycles. The Labute approximate surface area is 155 Å². The third-order valence-corrected chi connectivity index (χ3v) is 4.06. The Bertz CT molecular complexity index is 791. The van der Waals surface area contributed by atoms with E-state index < -0.39 is 0 Å². The molecule has 0 saturated carbocycles. The number of amides is 2. The maximum atomic E-state index is 12.1. The second-order valence-electron chi connectivity index (χ2n) is 5.29. The first-order chi connectivity index (χ1) is 12.5. The molecule has 0 atom stereocenters. The van der Waals surface area contributed by atoms with Crippen molar-refractivity contribution in [3.63, 3.8) is 0 Å². The molecule has 0 aliphatic carbocycles. The number of methoxy groups -OCH3 is 2. The highest BCUT2D eigenvalue weighted by Crippen LogP contribution is 2.16. The van der Waals surface area contributed by atoms with E-state index in [-0.39, 0.29) is 18.4 Å². The van der Waals surface area contributed by atoms with Gasteiger partial charge in [-0.3, -0.25) is 14.9 Å². The van der Waals surface area contributed by atoms with Crippen LogP contribution in [0.5, 0.6) is 5.75 Å². The van der Waals surface area contributed by atoms with E-state index in [1.54, 1.807) is 27.3 Å². The van der Waals surface area contributed by atoms with Crippen molar-refractivity contribution in [1.29, 1.82) is 0 Å². The van der Waals surface area contributed by atoms with Gasteiger partial charge < -0.3 is 14.4 Å². The van der Waals surface area contributed by atoms with Crippen LogP contribution in [0.1, 0.15) is 10.6 Å². The summed E-state index contributed by atoms with van der Waals surface area (Å²) in [4.78, 5) is 25.5. The zero-order chi connectivity index (χ0) is 18.9. The van der Waals surface area contributed by atoms with Crippen molar-refractivity contribution in [3.8, 4) is 5.75 Å². The van der Waals surface area contributed by atoms with Crippen LogP contribution in [0.4, 0.5) is 5.13 Å². The third-order valence-electron chi connectivity index (χ3n) is 3.25. The fourth-order valence-electron chi connectivity index (χ4n) is 1.98. The number of hydrogen-bond donors (Lipinski definition) is 1. The van der Waals surface area contributed by atoms with Gasteiger partial charge in [-0.25, -0.2) is 0 Å². The van der Waals surface area contributed by atoms with Crippen molar-refractivity contribution in [2.24, 2.45) is 0 Å². The molecule has 0 aliphatic heterocycles. The number of ether oxygens (including phenoxy) is 2. The number of carbonyl (C=O) groups excluding carboxylic acids is 2. The minimum absolute atomic E-state index is 0.0968. The lowest BCUT2D eigenvalue weighted by Crippen LogP contribution is -2.33. The zero-order valence-corrected chi connectivity index (χ0v) is 15.6. The molecule has 0 aliphatic rings. The fourth-order valence-corrected chi connectivity index (χ4v) is 2.71. The van der Waals surface area contributed by atoms with E-state index in [0.29, 0.717) is 22.5 Å². The monoisotopic (exact) mass is 376 g/mol. The van der Waals surface area contributed by atoms with Gasteiger partial charge in [0.2, 0.25) is 16.9 Å². The number of anilines is 1. The zero-order valence-electron chi connectivity index (χ0n) is 14.8. The summed E-state index contributed by atoms with van der Waals surface area (Å²) in [5.74, 6) is 0.0632. The maximum Gasteiger partial charge on any atom is 0.246 e. The number of aromatic nitrogens is 2. The van der Waals surface area contributed by atoms with Gasteiger partial charge in [0.05, 0.1) is 13.7 Å². The number of nitrogens with zero attached hydrogens (tertiary/aromatic N) is 3. The molecule has 138 valence electrons. The van der Waals surface area contributed by atoms with Gasteiger partial charge in [-0.2, -0.15) is 0 Å². The number of rotatable bonds is 8. The molecule has 2 rings (SSSR count). The summed E-state index contributed by atoms with van der Waals surface area (Å²) in [6.07, 6.45) is 3.07. The molecule has 0 fully saturated rings. The molecule has 9 heteroatoms. The molecule has 1 heterocycles. The summed E-state index contributed by atoms with van der Waals surface area (Å²) in [5.41, 5.74) is 0.829. The van der Waals surface area contributed by atoms with Crippen LogP contribution >= 0.6 is 11.3 Å². The Hall–Kier alpha value is -2.78. The predicted octanol–water partition coefficient (Wildman–Crippen LogP) is 1.80. The van der Waals surface area contributed by atoms with Gasteiger partial charge in [-0.15, -0.1) is 10.2 Å². The van der Waals surface area contributed by atoms with Crippen LogP contribution in [0, 0.1) is 0 Å². The number of likely N-dealkylation sites (N-methyl/N-ethyl adjacent to an activating group) is 1. The highest BCUT2D eigenvalue weighted by Gasteiger charge is 2.13. The first kappa shape index (κ1) is 19.5. The van der Waals surface area contributed by atoms with Crippen molar-refractivity contribution in [3.05, 3.63) is 40.9 Å². The molecule has 0 saturated heterocycles. The van der Waals surface area contributed by atoms with E-state index in [4.69, 9.17) is 9.47 Å². The summed E-state index contributed by atoms with van der Waals surface area (Å²) in [5, 5.41) is 11.4. The smallest absolute Gasteiger partial charge is 0.246 e. The number of carbonyl (C=O) groups is 2.